The monoisotopic (exact) mass is 420 g/mol. The molecule has 0 spiro atoms. The molecule has 4 aromatic rings. The lowest BCUT2D eigenvalue weighted by Gasteiger charge is -2.20. The van der Waals surface area contributed by atoms with E-state index in [-0.39, 0.29) is 11.8 Å². The first-order valence-electron chi connectivity index (χ1n) is 11.0. The van der Waals surface area contributed by atoms with Gasteiger partial charge in [0.05, 0.1) is 0 Å². The van der Waals surface area contributed by atoms with Gasteiger partial charge in [0.1, 0.15) is 0 Å². The van der Waals surface area contributed by atoms with E-state index in [9.17, 15) is 9.59 Å². The number of fused-ring (bicyclic) bond motifs is 7. The molecule has 1 aliphatic heterocycles. The van der Waals surface area contributed by atoms with E-state index in [0.717, 1.165) is 44.0 Å². The van der Waals surface area contributed by atoms with Crippen LogP contribution >= 0.6 is 0 Å². The fourth-order valence-corrected chi connectivity index (χ4v) is 4.38. The Morgan fingerprint density at radius 3 is 1.44 bits per heavy atom. The van der Waals surface area contributed by atoms with E-state index in [0.29, 0.717) is 25.7 Å². The molecule has 0 unspecified atom stereocenters. The lowest BCUT2D eigenvalue weighted by atomic mass is 9.90. The van der Waals surface area contributed by atoms with Gasteiger partial charge < -0.3 is 10.6 Å². The number of carbonyl (C=O) groups is 2. The van der Waals surface area contributed by atoms with Gasteiger partial charge in [0, 0.05) is 35.3 Å². The number of amides is 2. The third-order valence-electron chi connectivity index (χ3n) is 5.90. The zero-order valence-electron chi connectivity index (χ0n) is 17.7. The van der Waals surface area contributed by atoms with E-state index in [4.69, 9.17) is 0 Å². The minimum absolute atomic E-state index is 0.0194. The largest absolute Gasteiger partial charge is 0.325 e. The van der Waals surface area contributed by atoms with E-state index in [1.165, 1.54) is 0 Å². The van der Waals surface area contributed by atoms with Crippen LogP contribution in [0.1, 0.15) is 25.7 Å². The third kappa shape index (κ3) is 3.87. The molecule has 0 aromatic heterocycles. The smallest absolute Gasteiger partial charge is 0.224 e. The summed E-state index contributed by atoms with van der Waals surface area (Å²) in [7, 11) is 0. The van der Waals surface area contributed by atoms with Gasteiger partial charge in [-0.2, -0.15) is 0 Å². The number of benzene rings is 4. The summed E-state index contributed by atoms with van der Waals surface area (Å²) in [5, 5.41) is 10.5. The number of allylic oxidation sites excluding steroid dienone is 2. The van der Waals surface area contributed by atoms with Crippen LogP contribution in [0.15, 0.2) is 84.9 Å². The quantitative estimate of drug-likeness (QED) is 0.312. The van der Waals surface area contributed by atoms with Crippen LogP contribution < -0.4 is 10.6 Å². The van der Waals surface area contributed by atoms with Crippen molar-refractivity contribution in [2.45, 2.75) is 25.7 Å². The highest BCUT2D eigenvalue weighted by molar-refractivity contribution is 6.16. The van der Waals surface area contributed by atoms with Crippen molar-refractivity contribution < 1.29 is 9.59 Å². The van der Waals surface area contributed by atoms with Crippen LogP contribution in [0.25, 0.3) is 32.7 Å². The summed E-state index contributed by atoms with van der Waals surface area (Å²) in [6.07, 6.45) is 6.04. The third-order valence-corrected chi connectivity index (χ3v) is 5.90. The zero-order chi connectivity index (χ0) is 21.9. The lowest BCUT2D eigenvalue weighted by molar-refractivity contribution is -0.117. The van der Waals surface area contributed by atoms with Gasteiger partial charge in [-0.15, -0.1) is 0 Å². The van der Waals surface area contributed by atoms with Crippen molar-refractivity contribution in [1.82, 2.24) is 0 Å². The van der Waals surface area contributed by atoms with Crippen LogP contribution in [0.5, 0.6) is 0 Å². The van der Waals surface area contributed by atoms with Crippen LogP contribution in [0.4, 0.5) is 11.4 Å². The highest BCUT2D eigenvalue weighted by Crippen LogP contribution is 2.43. The second kappa shape index (κ2) is 8.67. The lowest BCUT2D eigenvalue weighted by Crippen LogP contribution is -2.14. The first-order chi connectivity index (χ1) is 15.7. The molecule has 1 heterocycles. The van der Waals surface area contributed by atoms with Crippen molar-refractivity contribution in [1.29, 1.82) is 0 Å². The second-order valence-corrected chi connectivity index (χ2v) is 8.06. The molecule has 5 rings (SSSR count). The molecule has 0 saturated carbocycles. The Morgan fingerprint density at radius 2 is 0.969 bits per heavy atom. The van der Waals surface area contributed by atoms with E-state index in [1.807, 2.05) is 60.7 Å². The Hall–Kier alpha value is -3.92. The van der Waals surface area contributed by atoms with E-state index < -0.39 is 0 Å². The number of carbonyl (C=O) groups excluding carboxylic acids is 2. The van der Waals surface area contributed by atoms with Crippen molar-refractivity contribution >= 4 is 44.7 Å². The molecule has 2 amide bonds. The molecule has 158 valence electrons. The molecule has 0 radical (unpaired) electrons. The fraction of sp³-hybridized carbons (Fsp3) is 0.143. The normalized spacial score (nSPS) is 15.9. The summed E-state index contributed by atoms with van der Waals surface area (Å²) in [5.74, 6) is -0.0388. The summed E-state index contributed by atoms with van der Waals surface area (Å²) in [6, 6.07) is 24.3. The number of nitrogens with one attached hydrogen (secondary N) is 2. The Kier molecular flexibility index (Phi) is 5.42. The van der Waals surface area contributed by atoms with Crippen LogP contribution in [0.2, 0.25) is 0 Å². The highest BCUT2D eigenvalue weighted by Gasteiger charge is 2.19. The molecule has 4 heteroatoms. The Balaban J connectivity index is 1.84. The van der Waals surface area contributed by atoms with Crippen LogP contribution in [0.3, 0.4) is 0 Å². The topological polar surface area (TPSA) is 58.2 Å². The molecule has 32 heavy (non-hydrogen) atoms. The maximum Gasteiger partial charge on any atom is 0.224 e. The highest BCUT2D eigenvalue weighted by atomic mass is 16.2. The van der Waals surface area contributed by atoms with Gasteiger partial charge in [0.2, 0.25) is 11.8 Å². The molecule has 1 aliphatic rings. The van der Waals surface area contributed by atoms with Crippen molar-refractivity contribution in [3.63, 3.8) is 0 Å². The Labute approximate surface area is 186 Å². The number of hydrogen-bond donors (Lipinski definition) is 2. The molecule has 0 aliphatic carbocycles. The molecular formula is C28H24N2O2. The molecule has 0 bridgehead atoms. The number of hydrogen-bond acceptors (Lipinski definition) is 2. The minimum Gasteiger partial charge on any atom is -0.325 e. The van der Waals surface area contributed by atoms with Crippen LogP contribution in [-0.4, -0.2) is 11.8 Å². The number of anilines is 2. The second-order valence-electron chi connectivity index (χ2n) is 8.06. The van der Waals surface area contributed by atoms with Gasteiger partial charge in [-0.3, -0.25) is 9.59 Å². The van der Waals surface area contributed by atoms with Crippen molar-refractivity contribution in [2.75, 3.05) is 10.6 Å². The molecular weight excluding hydrogens is 396 g/mol. The first-order valence-corrected chi connectivity index (χ1v) is 11.0. The molecule has 4 aromatic carbocycles. The van der Waals surface area contributed by atoms with Gasteiger partial charge >= 0.3 is 0 Å². The molecule has 0 fully saturated rings. The van der Waals surface area contributed by atoms with Crippen molar-refractivity contribution in [2.24, 2.45) is 0 Å². The van der Waals surface area contributed by atoms with E-state index in [2.05, 4.69) is 34.9 Å². The predicted octanol–water partition coefficient (Wildman–Crippen LogP) is 6.67. The summed E-state index contributed by atoms with van der Waals surface area (Å²) >= 11 is 0. The fourth-order valence-electron chi connectivity index (χ4n) is 4.38. The average molecular weight is 421 g/mol. The minimum atomic E-state index is -0.0194. The standard InChI is InChI=1S/C28H24N2O2/c31-25-13-3-1-2-4-14-26(32)30-24-18-16-20-10-6-8-12-22(20)28(24)27-21-11-7-5-9-19(21)15-17-23(27)29-25/h1-2,5-12,15-18H,3-4,13-14H2,(H,29,31)(H,30,32)/b2-1+. The Morgan fingerprint density at radius 1 is 0.531 bits per heavy atom. The first kappa shape index (κ1) is 20.0. The molecule has 4 nitrogen and oxygen atoms in total. The average Bonchev–Trinajstić information content (AvgIpc) is 2.81. The zero-order valence-corrected chi connectivity index (χ0v) is 17.7. The van der Waals surface area contributed by atoms with Gasteiger partial charge in [-0.25, -0.2) is 0 Å². The van der Waals surface area contributed by atoms with Gasteiger partial charge in [0.15, 0.2) is 0 Å². The van der Waals surface area contributed by atoms with Crippen LogP contribution in [-0.2, 0) is 9.59 Å². The summed E-state index contributed by atoms with van der Waals surface area (Å²) in [5.41, 5.74) is 3.36. The van der Waals surface area contributed by atoms with Crippen LogP contribution in [0, 0.1) is 0 Å². The van der Waals surface area contributed by atoms with E-state index in [1.54, 1.807) is 0 Å². The number of rotatable bonds is 0. The van der Waals surface area contributed by atoms with Gasteiger partial charge in [-0.1, -0.05) is 72.8 Å². The summed E-state index contributed by atoms with van der Waals surface area (Å²) < 4.78 is 0. The van der Waals surface area contributed by atoms with Crippen molar-refractivity contribution in [3.05, 3.63) is 84.9 Å². The maximum absolute atomic E-state index is 12.8. The Bertz CT molecular complexity index is 1270. The van der Waals surface area contributed by atoms with E-state index >= 15 is 0 Å². The molecule has 0 saturated heterocycles. The van der Waals surface area contributed by atoms with Gasteiger partial charge in [0.25, 0.3) is 0 Å². The summed E-state index contributed by atoms with van der Waals surface area (Å²) in [6.45, 7) is 0. The van der Waals surface area contributed by atoms with Crippen molar-refractivity contribution in [3.8, 4) is 11.1 Å². The predicted molar refractivity (Wildman–Crippen MR) is 132 cm³/mol. The molecule has 0 atom stereocenters. The van der Waals surface area contributed by atoms with Gasteiger partial charge in [-0.05, 0) is 46.5 Å². The molecule has 2 N–H and O–H groups in total. The summed E-state index contributed by atoms with van der Waals surface area (Å²) in [4.78, 5) is 25.5. The maximum atomic E-state index is 12.8. The SMILES string of the molecule is O=C1CC/C=C/CCC(=O)Nc2ccc3ccccc3c2-c2c(ccc3ccccc23)N1.